The van der Waals surface area contributed by atoms with Crippen molar-refractivity contribution in [3.63, 3.8) is 0 Å². The van der Waals surface area contributed by atoms with Crippen LogP contribution in [0.2, 0.25) is 0 Å². The number of nitrogens with zero attached hydrogens (tertiary/aromatic N) is 6. The molecule has 1 amide bonds. The maximum absolute atomic E-state index is 13.6. The number of alkyl halides is 5. The van der Waals surface area contributed by atoms with Crippen LogP contribution in [0.3, 0.4) is 0 Å². The number of rotatable bonds is 5. The maximum Gasteiger partial charge on any atom is 0.471 e. The van der Waals surface area contributed by atoms with Gasteiger partial charge in [-0.2, -0.15) is 18.2 Å². The highest BCUT2D eigenvalue weighted by molar-refractivity contribution is 7.91. The van der Waals surface area contributed by atoms with Gasteiger partial charge < -0.3 is 24.5 Å². The van der Waals surface area contributed by atoms with E-state index in [4.69, 9.17) is 10.2 Å². The lowest BCUT2D eigenvalue weighted by atomic mass is 10.1. The number of piperidine rings is 1. The third kappa shape index (κ3) is 5.73. The molecule has 2 N–H and O–H groups in total. The molecule has 12 nitrogen and oxygen atoms in total. The fourth-order valence-corrected chi connectivity index (χ4v) is 6.44. The minimum atomic E-state index is -4.81. The molecule has 2 aliphatic heterocycles. The van der Waals surface area contributed by atoms with E-state index in [1.54, 1.807) is 0 Å². The second kappa shape index (κ2) is 10.6. The molecule has 2 aromatic carbocycles. The van der Waals surface area contributed by atoms with E-state index >= 15 is 0 Å². The van der Waals surface area contributed by atoms with Crippen LogP contribution in [-0.4, -0.2) is 65.5 Å². The van der Waals surface area contributed by atoms with E-state index in [0.29, 0.717) is 5.56 Å². The minimum absolute atomic E-state index is 0.00474. The van der Waals surface area contributed by atoms with Gasteiger partial charge in [-0.3, -0.25) is 4.79 Å². The molecule has 44 heavy (non-hydrogen) atoms. The number of nitrogens with two attached hydrogens (primary N) is 1. The summed E-state index contributed by atoms with van der Waals surface area (Å²) >= 11 is 0. The molecular formula is C26H22F5N7O5S. The van der Waals surface area contributed by atoms with Gasteiger partial charge in [0.05, 0.1) is 28.9 Å². The molecule has 4 aromatic rings. The molecule has 18 heteroatoms. The lowest BCUT2D eigenvalue weighted by molar-refractivity contribution is -0.159. The molecule has 4 heterocycles. The zero-order chi connectivity index (χ0) is 31.4. The van der Waals surface area contributed by atoms with Crippen LogP contribution in [0.25, 0.3) is 22.8 Å². The minimum Gasteiger partial charge on any atom is -0.403 e. The molecule has 1 fully saturated rings. The molecule has 2 aromatic heterocycles. The van der Waals surface area contributed by atoms with Crippen molar-refractivity contribution in [2.75, 3.05) is 28.6 Å². The van der Waals surface area contributed by atoms with Gasteiger partial charge in [-0.15, -0.1) is 5.10 Å². The molecule has 0 saturated carbocycles. The Morgan fingerprint density at radius 1 is 1.02 bits per heavy atom. The molecule has 6 rings (SSSR count). The van der Waals surface area contributed by atoms with Crippen molar-refractivity contribution < 1.29 is 44.1 Å². The Morgan fingerprint density at radius 3 is 2.36 bits per heavy atom. The van der Waals surface area contributed by atoms with Crippen LogP contribution in [0.1, 0.15) is 24.3 Å². The largest absolute Gasteiger partial charge is 0.471 e. The summed E-state index contributed by atoms with van der Waals surface area (Å²) in [6.45, 7) is -0.144. The van der Waals surface area contributed by atoms with Crippen molar-refractivity contribution >= 4 is 27.4 Å². The van der Waals surface area contributed by atoms with E-state index < -0.39 is 45.5 Å². The molecule has 1 saturated heterocycles. The van der Waals surface area contributed by atoms with E-state index in [-0.39, 0.29) is 71.9 Å². The van der Waals surface area contributed by atoms with Gasteiger partial charge in [0, 0.05) is 37.1 Å². The number of sulfone groups is 1. The third-order valence-corrected chi connectivity index (χ3v) is 9.03. The van der Waals surface area contributed by atoms with Crippen LogP contribution in [0, 0.1) is 0 Å². The predicted octanol–water partition coefficient (Wildman–Crippen LogP) is 3.69. The van der Waals surface area contributed by atoms with Gasteiger partial charge in [0.25, 0.3) is 5.92 Å². The molecule has 0 unspecified atom stereocenters. The Bertz CT molecular complexity index is 1810. The van der Waals surface area contributed by atoms with E-state index in [9.17, 15) is 35.2 Å². The Hall–Kier alpha value is -4.45. The van der Waals surface area contributed by atoms with Crippen LogP contribution >= 0.6 is 0 Å². The highest BCUT2D eigenvalue weighted by atomic mass is 32.2. The number of hydrogen-bond donors (Lipinski definition) is 1. The first kappa shape index (κ1) is 29.6. The maximum atomic E-state index is 13.6. The Labute approximate surface area is 245 Å². The van der Waals surface area contributed by atoms with E-state index in [0.717, 1.165) is 0 Å². The van der Waals surface area contributed by atoms with E-state index in [1.807, 2.05) is 0 Å². The second-order valence-corrected chi connectivity index (χ2v) is 12.3. The van der Waals surface area contributed by atoms with E-state index in [2.05, 4.69) is 24.9 Å². The molecule has 0 bridgehead atoms. The van der Waals surface area contributed by atoms with Crippen LogP contribution in [0.4, 0.5) is 33.7 Å². The molecule has 232 valence electrons. The molecular weight excluding hydrogens is 617 g/mol. The first-order valence-corrected chi connectivity index (χ1v) is 14.8. The normalized spacial score (nSPS) is 20.0. The molecule has 1 atom stereocenters. The number of hydrogen-bond acceptors (Lipinski definition) is 11. The Kier molecular flexibility index (Phi) is 7.15. The average molecular weight is 640 g/mol. The quantitative estimate of drug-likeness (QED) is 0.317. The summed E-state index contributed by atoms with van der Waals surface area (Å²) in [7, 11) is -4.01. The summed E-state index contributed by atoms with van der Waals surface area (Å²) in [5.74, 6) is -5.93. The van der Waals surface area contributed by atoms with Gasteiger partial charge in [-0.1, -0.05) is 34.5 Å². The topological polar surface area (TPSA) is 162 Å². The monoisotopic (exact) mass is 639 g/mol. The zero-order valence-electron chi connectivity index (χ0n) is 22.5. The zero-order valence-corrected chi connectivity index (χ0v) is 23.3. The summed E-state index contributed by atoms with van der Waals surface area (Å²) in [5.41, 5.74) is 6.93. The number of fused-ring (bicyclic) bond motifs is 1. The average Bonchev–Trinajstić information content (AvgIpc) is 3.65. The van der Waals surface area contributed by atoms with Crippen molar-refractivity contribution in [2.24, 2.45) is 5.73 Å². The number of halogens is 5. The molecule has 0 aliphatic carbocycles. The number of amides is 1. The SMILES string of the molecule is N[C@H]1CS(=O)(=O)c2ccc(-c3nnc(N4CCC(F)(F)CC4)o3)cc2N(Cc2ccc(-c3noc(C(F)(F)F)n3)cc2)C1=O. The van der Waals surface area contributed by atoms with Crippen molar-refractivity contribution in [1.82, 2.24) is 20.3 Å². The van der Waals surface area contributed by atoms with Gasteiger partial charge in [0.1, 0.15) is 0 Å². The third-order valence-electron chi connectivity index (χ3n) is 7.22. The summed E-state index contributed by atoms with van der Waals surface area (Å²) in [6.07, 6.45) is -5.55. The van der Waals surface area contributed by atoms with Crippen molar-refractivity contribution in [2.45, 2.75) is 42.4 Å². The predicted molar refractivity (Wildman–Crippen MR) is 142 cm³/mol. The number of anilines is 2. The lowest BCUT2D eigenvalue weighted by Gasteiger charge is -2.30. The summed E-state index contributed by atoms with van der Waals surface area (Å²) in [6, 6.07) is 8.60. The molecule has 0 radical (unpaired) electrons. The van der Waals surface area contributed by atoms with Crippen molar-refractivity contribution in [3.05, 3.63) is 53.9 Å². The van der Waals surface area contributed by atoms with Gasteiger partial charge in [0.15, 0.2) is 9.84 Å². The first-order valence-electron chi connectivity index (χ1n) is 13.1. The van der Waals surface area contributed by atoms with E-state index in [1.165, 1.54) is 52.3 Å². The standard InChI is InChI=1S/C26H22F5N7O5S/c27-25(28)7-9-37(10-8-25)24-35-34-21(42-24)16-5-6-19-18(11-16)38(22(39)17(32)13-44(19,40)41)12-14-1-3-15(4-2-14)20-33-23(43-36-20)26(29,30)31/h1-6,11,17H,7-10,12-13,32H2/t17-/m0/s1. The Morgan fingerprint density at radius 2 is 1.70 bits per heavy atom. The highest BCUT2D eigenvalue weighted by Crippen LogP contribution is 2.37. The van der Waals surface area contributed by atoms with Crippen LogP contribution in [0.5, 0.6) is 0 Å². The second-order valence-electron chi connectivity index (χ2n) is 10.3. The Balaban J connectivity index is 1.31. The van der Waals surface area contributed by atoms with Crippen molar-refractivity contribution in [3.8, 4) is 22.8 Å². The smallest absolute Gasteiger partial charge is 0.403 e. The fourth-order valence-electron chi connectivity index (χ4n) is 4.89. The number of carbonyl (C=O) groups is 1. The lowest BCUT2D eigenvalue weighted by Crippen LogP contribution is -2.45. The molecule has 2 aliphatic rings. The number of benzene rings is 2. The van der Waals surface area contributed by atoms with Gasteiger partial charge in [-0.05, 0) is 23.8 Å². The summed E-state index contributed by atoms with van der Waals surface area (Å²) in [4.78, 5) is 19.3. The number of aromatic nitrogens is 4. The highest BCUT2D eigenvalue weighted by Gasteiger charge is 2.39. The van der Waals surface area contributed by atoms with Crippen LogP contribution in [-0.2, 0) is 27.4 Å². The summed E-state index contributed by atoms with van der Waals surface area (Å²) < 4.78 is 102. The molecule has 0 spiro atoms. The van der Waals surface area contributed by atoms with Gasteiger partial charge >= 0.3 is 18.1 Å². The van der Waals surface area contributed by atoms with Crippen molar-refractivity contribution in [1.29, 1.82) is 0 Å². The van der Waals surface area contributed by atoms with Crippen LogP contribution in [0.15, 0.2) is 56.3 Å². The first-order chi connectivity index (χ1) is 20.7. The van der Waals surface area contributed by atoms with Crippen LogP contribution < -0.4 is 15.5 Å². The summed E-state index contributed by atoms with van der Waals surface area (Å²) in [5, 5.41) is 11.3. The fraction of sp³-hybridized carbons (Fsp3) is 0.346. The van der Waals surface area contributed by atoms with Gasteiger partial charge in [-0.25, -0.2) is 17.2 Å². The number of carbonyl (C=O) groups excluding carboxylic acids is 1. The van der Waals surface area contributed by atoms with Gasteiger partial charge in [0.2, 0.25) is 17.6 Å².